The Hall–Kier alpha value is -2.05. The topological polar surface area (TPSA) is 55.8 Å². The summed E-state index contributed by atoms with van der Waals surface area (Å²) in [7, 11) is -3.58. The van der Waals surface area contributed by atoms with Gasteiger partial charge in [-0.05, 0) is 44.4 Å². The Morgan fingerprint density at radius 3 is 2.61 bits per heavy atom. The van der Waals surface area contributed by atoms with Gasteiger partial charge in [0.15, 0.2) is 0 Å². The fourth-order valence-corrected chi connectivity index (χ4v) is 6.26. The van der Waals surface area contributed by atoms with Crippen LogP contribution in [0.25, 0.3) is 0 Å². The lowest BCUT2D eigenvalue weighted by atomic mass is 9.99. The Morgan fingerprint density at radius 2 is 1.86 bits per heavy atom. The van der Waals surface area contributed by atoms with E-state index in [1.807, 2.05) is 26.0 Å². The second kappa shape index (κ2) is 6.49. The van der Waals surface area contributed by atoms with Gasteiger partial charge in [0.05, 0.1) is 18.1 Å². The molecule has 0 atom stereocenters. The van der Waals surface area contributed by atoms with E-state index in [9.17, 15) is 8.42 Å². The van der Waals surface area contributed by atoms with Crippen molar-refractivity contribution in [3.8, 4) is 11.5 Å². The van der Waals surface area contributed by atoms with Crippen LogP contribution in [-0.4, -0.2) is 32.0 Å². The molecule has 1 saturated carbocycles. The molecule has 2 aromatic carbocycles. The van der Waals surface area contributed by atoms with Crippen molar-refractivity contribution in [2.75, 3.05) is 13.2 Å². The van der Waals surface area contributed by atoms with Gasteiger partial charge in [-0.25, -0.2) is 8.42 Å². The number of sulfonamides is 1. The summed E-state index contributed by atoms with van der Waals surface area (Å²) in [4.78, 5) is 0.409. The van der Waals surface area contributed by atoms with Crippen LogP contribution in [0.5, 0.6) is 11.5 Å². The van der Waals surface area contributed by atoms with Crippen molar-refractivity contribution >= 4 is 10.0 Å². The number of fused-ring (bicyclic) bond motifs is 2. The van der Waals surface area contributed by atoms with Crippen molar-refractivity contribution in [1.82, 2.24) is 4.31 Å². The summed E-state index contributed by atoms with van der Waals surface area (Å²) >= 11 is 0. The van der Waals surface area contributed by atoms with Gasteiger partial charge in [-0.15, -0.1) is 0 Å². The van der Waals surface area contributed by atoms with Crippen LogP contribution < -0.4 is 9.47 Å². The van der Waals surface area contributed by atoms with E-state index in [2.05, 4.69) is 6.07 Å². The maximum absolute atomic E-state index is 13.6. The normalized spacial score (nSPS) is 18.0. The molecule has 0 spiro atoms. The van der Waals surface area contributed by atoms with Crippen molar-refractivity contribution in [2.45, 2.75) is 57.0 Å². The zero-order valence-corrected chi connectivity index (χ0v) is 17.1. The van der Waals surface area contributed by atoms with Crippen molar-refractivity contribution < 1.29 is 17.9 Å². The van der Waals surface area contributed by atoms with Crippen LogP contribution in [0.4, 0.5) is 0 Å². The third kappa shape index (κ3) is 2.90. The van der Waals surface area contributed by atoms with Crippen LogP contribution in [0, 0.1) is 13.8 Å². The molecule has 2 aromatic rings. The fraction of sp³-hybridized carbons (Fsp3) is 0.455. The zero-order chi connectivity index (χ0) is 19.5. The number of ether oxygens (including phenoxy) is 2. The lowest BCUT2D eigenvalue weighted by Gasteiger charge is -2.25. The minimum absolute atomic E-state index is 0.0703. The van der Waals surface area contributed by atoms with Crippen LogP contribution >= 0.6 is 0 Å². The minimum atomic E-state index is -3.58. The van der Waals surface area contributed by atoms with Crippen LogP contribution in [-0.2, 0) is 29.4 Å². The van der Waals surface area contributed by atoms with Crippen molar-refractivity contribution in [2.24, 2.45) is 0 Å². The van der Waals surface area contributed by atoms with E-state index < -0.39 is 10.0 Å². The van der Waals surface area contributed by atoms with E-state index in [1.165, 1.54) is 0 Å². The second-order valence-electron chi connectivity index (χ2n) is 8.07. The molecule has 148 valence electrons. The van der Waals surface area contributed by atoms with Gasteiger partial charge in [0.25, 0.3) is 0 Å². The van der Waals surface area contributed by atoms with E-state index in [-0.39, 0.29) is 6.04 Å². The van der Waals surface area contributed by atoms with Gasteiger partial charge in [-0.1, -0.05) is 17.7 Å². The molecule has 5 nitrogen and oxygen atoms in total. The van der Waals surface area contributed by atoms with Crippen molar-refractivity contribution in [3.63, 3.8) is 0 Å². The minimum Gasteiger partial charge on any atom is -0.493 e. The van der Waals surface area contributed by atoms with Gasteiger partial charge in [-0.3, -0.25) is 0 Å². The highest BCUT2D eigenvalue weighted by molar-refractivity contribution is 7.89. The number of hydrogen-bond acceptors (Lipinski definition) is 4. The van der Waals surface area contributed by atoms with Crippen LogP contribution in [0.1, 0.15) is 40.7 Å². The monoisotopic (exact) mass is 399 g/mol. The summed E-state index contributed by atoms with van der Waals surface area (Å²) in [5, 5.41) is 0. The molecule has 6 heteroatoms. The van der Waals surface area contributed by atoms with E-state index >= 15 is 0 Å². The third-order valence-electron chi connectivity index (χ3n) is 5.95. The predicted octanol–water partition coefficient (Wildman–Crippen LogP) is 3.53. The molecule has 0 unspecified atom stereocenters. The van der Waals surface area contributed by atoms with Crippen LogP contribution in [0.15, 0.2) is 29.2 Å². The Morgan fingerprint density at radius 1 is 1.07 bits per heavy atom. The third-order valence-corrected chi connectivity index (χ3v) is 8.00. The Labute approximate surface area is 166 Å². The van der Waals surface area contributed by atoms with Crippen LogP contribution in [0.3, 0.4) is 0 Å². The predicted molar refractivity (Wildman–Crippen MR) is 107 cm³/mol. The molecular weight excluding hydrogens is 374 g/mol. The molecule has 0 saturated heterocycles. The van der Waals surface area contributed by atoms with Gasteiger partial charge < -0.3 is 9.47 Å². The zero-order valence-electron chi connectivity index (χ0n) is 16.3. The van der Waals surface area contributed by atoms with E-state index in [4.69, 9.17) is 9.47 Å². The van der Waals surface area contributed by atoms with Crippen LogP contribution in [0.2, 0.25) is 0 Å². The Balaban J connectivity index is 1.58. The smallest absolute Gasteiger partial charge is 0.243 e. The molecule has 3 aliphatic rings. The molecule has 0 bridgehead atoms. The van der Waals surface area contributed by atoms with Gasteiger partial charge in [0, 0.05) is 42.1 Å². The summed E-state index contributed by atoms with van der Waals surface area (Å²) in [6.45, 7) is 5.52. The highest BCUT2D eigenvalue weighted by Gasteiger charge is 2.40. The Kier molecular flexibility index (Phi) is 4.18. The van der Waals surface area contributed by atoms with Gasteiger partial charge in [0.2, 0.25) is 10.0 Å². The highest BCUT2D eigenvalue weighted by Crippen LogP contribution is 2.43. The van der Waals surface area contributed by atoms with Gasteiger partial charge >= 0.3 is 0 Å². The van der Waals surface area contributed by atoms with E-state index in [0.717, 1.165) is 65.0 Å². The van der Waals surface area contributed by atoms with E-state index in [1.54, 1.807) is 10.4 Å². The first kappa shape index (κ1) is 18.0. The lowest BCUT2D eigenvalue weighted by Crippen LogP contribution is -2.33. The molecule has 5 rings (SSSR count). The maximum Gasteiger partial charge on any atom is 0.243 e. The van der Waals surface area contributed by atoms with Gasteiger partial charge in [0.1, 0.15) is 11.5 Å². The summed E-state index contributed by atoms with van der Waals surface area (Å²) in [6.07, 6.45) is 3.49. The molecule has 28 heavy (non-hydrogen) atoms. The van der Waals surface area contributed by atoms with E-state index in [0.29, 0.717) is 24.7 Å². The lowest BCUT2D eigenvalue weighted by molar-refractivity contribution is 0.341. The molecule has 2 heterocycles. The first-order valence-electron chi connectivity index (χ1n) is 9.97. The molecular formula is C22H25NO4S. The largest absolute Gasteiger partial charge is 0.493 e. The molecule has 0 amide bonds. The number of benzene rings is 2. The number of rotatable bonds is 5. The molecule has 0 radical (unpaired) electrons. The average Bonchev–Trinajstić information content (AvgIpc) is 3.17. The summed E-state index contributed by atoms with van der Waals surface area (Å²) < 4.78 is 40.6. The number of aryl methyl sites for hydroxylation is 2. The number of nitrogens with zero attached hydrogens (tertiary/aromatic N) is 1. The quantitative estimate of drug-likeness (QED) is 0.772. The summed E-state index contributed by atoms with van der Waals surface area (Å²) in [5.74, 6) is 1.78. The first-order valence-corrected chi connectivity index (χ1v) is 11.4. The molecule has 2 aliphatic heterocycles. The highest BCUT2D eigenvalue weighted by atomic mass is 32.2. The summed E-state index contributed by atoms with van der Waals surface area (Å²) in [5.41, 5.74) is 5.12. The second-order valence-corrected chi connectivity index (χ2v) is 9.93. The fourth-order valence-electron chi connectivity index (χ4n) is 4.40. The summed E-state index contributed by atoms with van der Waals surface area (Å²) in [6, 6.07) is 7.70. The average molecular weight is 400 g/mol. The molecule has 0 aromatic heterocycles. The maximum atomic E-state index is 13.6. The Bertz CT molecular complexity index is 1020. The molecule has 1 fully saturated rings. The molecule has 0 N–H and O–H groups in total. The van der Waals surface area contributed by atoms with Gasteiger partial charge in [-0.2, -0.15) is 4.31 Å². The number of hydrogen-bond donors (Lipinski definition) is 0. The standard InChI is InChI=1S/C22H25NO4S/c1-14-3-6-21(15(2)11-14)28(24,25)23(17-4-5-17)13-19-18-8-10-26-20(18)12-16-7-9-27-22(16)19/h3,6,11-12,17H,4-5,7-10,13H2,1-2H3. The first-order chi connectivity index (χ1) is 13.4. The molecule has 1 aliphatic carbocycles. The van der Waals surface area contributed by atoms with Crippen molar-refractivity contribution in [1.29, 1.82) is 0 Å². The van der Waals surface area contributed by atoms with Crippen molar-refractivity contribution in [3.05, 3.63) is 52.1 Å². The SMILES string of the molecule is Cc1ccc(S(=O)(=O)N(Cc2c3c(cc4c2OCC4)OCC3)C2CC2)c(C)c1.